The molecule has 1 N–H and O–H groups in total. The van der Waals surface area contributed by atoms with E-state index in [2.05, 4.69) is 60.7 Å². The Labute approximate surface area is 146 Å². The van der Waals surface area contributed by atoms with Gasteiger partial charge < -0.3 is 5.32 Å². The lowest BCUT2D eigenvalue weighted by molar-refractivity contribution is 0.627. The molecule has 21 heavy (non-hydrogen) atoms. The monoisotopic (exact) mass is 463 g/mol. The van der Waals surface area contributed by atoms with Crippen LogP contribution in [0.15, 0.2) is 22.7 Å². The highest BCUT2D eigenvalue weighted by Gasteiger charge is 2.13. The predicted molar refractivity (Wildman–Crippen MR) is 96.0 cm³/mol. The molecule has 0 atom stereocenters. The van der Waals surface area contributed by atoms with Crippen LogP contribution in [0, 0.1) is 9.39 Å². The summed E-state index contributed by atoms with van der Waals surface area (Å²) >= 11 is 5.58. The number of nitrogens with zero attached hydrogens (tertiary/aromatic N) is 2. The van der Waals surface area contributed by atoms with E-state index in [9.17, 15) is 4.39 Å². The molecule has 112 valence electrons. The normalized spacial score (nSPS) is 10.7. The molecule has 0 fully saturated rings. The number of aryl methyl sites for hydroxylation is 1. The Bertz CT molecular complexity index is 602. The third kappa shape index (κ3) is 4.12. The number of rotatable bonds is 5. The molecular formula is C15H16BrFIN3. The summed E-state index contributed by atoms with van der Waals surface area (Å²) in [6.45, 7) is 4.92. The van der Waals surface area contributed by atoms with E-state index >= 15 is 0 Å². The van der Waals surface area contributed by atoms with Crippen LogP contribution in [0.5, 0.6) is 0 Å². The van der Waals surface area contributed by atoms with E-state index in [0.29, 0.717) is 15.9 Å². The van der Waals surface area contributed by atoms with Crippen molar-refractivity contribution in [2.24, 2.45) is 0 Å². The first-order valence-electron chi connectivity index (χ1n) is 6.81. The van der Waals surface area contributed by atoms with Gasteiger partial charge in [0.05, 0.1) is 9.26 Å². The van der Waals surface area contributed by atoms with Crippen molar-refractivity contribution in [3.63, 3.8) is 0 Å². The Morgan fingerprint density at radius 1 is 1.24 bits per heavy atom. The van der Waals surface area contributed by atoms with Crippen LogP contribution in [-0.2, 0) is 6.42 Å². The van der Waals surface area contributed by atoms with Crippen LogP contribution in [0.1, 0.15) is 26.0 Å². The van der Waals surface area contributed by atoms with E-state index in [0.717, 1.165) is 34.5 Å². The molecule has 0 bridgehead atoms. The topological polar surface area (TPSA) is 37.8 Å². The molecule has 0 aliphatic carbocycles. The van der Waals surface area contributed by atoms with Gasteiger partial charge >= 0.3 is 0 Å². The van der Waals surface area contributed by atoms with Crippen molar-refractivity contribution >= 4 is 44.3 Å². The molecule has 0 radical (unpaired) electrons. The number of nitrogens with one attached hydrogen (secondary N) is 1. The van der Waals surface area contributed by atoms with E-state index < -0.39 is 0 Å². The van der Waals surface area contributed by atoms with Crippen molar-refractivity contribution in [2.45, 2.75) is 26.7 Å². The maximum absolute atomic E-state index is 13.6. The van der Waals surface area contributed by atoms with Crippen molar-refractivity contribution in [2.75, 3.05) is 11.9 Å². The van der Waals surface area contributed by atoms with Crippen LogP contribution in [-0.4, -0.2) is 16.5 Å². The largest absolute Gasteiger partial charge is 0.369 e. The molecule has 0 amide bonds. The molecule has 1 heterocycles. The Kier molecular flexibility index (Phi) is 5.92. The van der Waals surface area contributed by atoms with Gasteiger partial charge in [-0.15, -0.1) is 0 Å². The molecule has 0 unspecified atom stereocenters. The smallest absolute Gasteiger partial charge is 0.161 e. The Morgan fingerprint density at radius 2 is 2.00 bits per heavy atom. The summed E-state index contributed by atoms with van der Waals surface area (Å²) in [6.07, 6.45) is 1.88. The van der Waals surface area contributed by atoms with Crippen LogP contribution in [0.3, 0.4) is 0 Å². The SMILES string of the molecule is CCCc1nc(-c2cc(F)cc(Br)c2)nc(NCC)c1I. The standard InChI is InChI=1S/C15H16BrFIN3/c1-3-5-12-13(18)15(19-4-2)21-14(20-12)9-6-10(16)8-11(17)7-9/h6-8H,3-5H2,1-2H3,(H,19,20,21). The van der Waals surface area contributed by atoms with Crippen LogP contribution in [0.2, 0.25) is 0 Å². The summed E-state index contributed by atoms with van der Waals surface area (Å²) in [5.74, 6) is 1.06. The summed E-state index contributed by atoms with van der Waals surface area (Å²) in [5, 5.41) is 3.25. The average Bonchev–Trinajstić information content (AvgIpc) is 2.42. The average molecular weight is 464 g/mol. The highest BCUT2D eigenvalue weighted by Crippen LogP contribution is 2.27. The molecule has 0 aliphatic heterocycles. The lowest BCUT2D eigenvalue weighted by atomic mass is 10.2. The number of hydrogen-bond acceptors (Lipinski definition) is 3. The summed E-state index contributed by atoms with van der Waals surface area (Å²) in [6, 6.07) is 4.71. The van der Waals surface area contributed by atoms with Gasteiger partial charge in [-0.1, -0.05) is 29.3 Å². The molecular weight excluding hydrogens is 448 g/mol. The molecule has 2 rings (SSSR count). The Hall–Kier alpha value is -0.760. The zero-order chi connectivity index (χ0) is 15.4. The maximum atomic E-state index is 13.6. The molecule has 3 nitrogen and oxygen atoms in total. The fourth-order valence-electron chi connectivity index (χ4n) is 1.99. The lowest BCUT2D eigenvalue weighted by Gasteiger charge is -2.12. The van der Waals surface area contributed by atoms with Crippen molar-refractivity contribution in [3.8, 4) is 11.4 Å². The highest BCUT2D eigenvalue weighted by molar-refractivity contribution is 14.1. The molecule has 0 aliphatic rings. The molecule has 1 aromatic carbocycles. The van der Waals surface area contributed by atoms with Gasteiger partial charge in [0, 0.05) is 16.6 Å². The number of anilines is 1. The van der Waals surface area contributed by atoms with Crippen molar-refractivity contribution in [1.29, 1.82) is 0 Å². The first kappa shape index (κ1) is 16.6. The van der Waals surface area contributed by atoms with Gasteiger partial charge in [-0.2, -0.15) is 0 Å². The van der Waals surface area contributed by atoms with Crippen LogP contribution < -0.4 is 5.32 Å². The predicted octanol–water partition coefficient (Wildman–Crippen LogP) is 5.03. The summed E-state index contributed by atoms with van der Waals surface area (Å²) in [4.78, 5) is 9.15. The Morgan fingerprint density at radius 3 is 2.62 bits per heavy atom. The van der Waals surface area contributed by atoms with Crippen molar-refractivity contribution in [3.05, 3.63) is 37.8 Å². The molecule has 6 heteroatoms. The quantitative estimate of drug-likeness (QED) is 0.631. The second-order valence-electron chi connectivity index (χ2n) is 4.59. The third-order valence-electron chi connectivity index (χ3n) is 2.87. The van der Waals surface area contributed by atoms with Gasteiger partial charge in [-0.25, -0.2) is 14.4 Å². The van der Waals surface area contributed by atoms with Gasteiger partial charge in [0.1, 0.15) is 11.6 Å². The van der Waals surface area contributed by atoms with Crippen LogP contribution in [0.25, 0.3) is 11.4 Å². The molecule has 1 aromatic heterocycles. The van der Waals surface area contributed by atoms with E-state index in [-0.39, 0.29) is 5.82 Å². The van der Waals surface area contributed by atoms with Crippen LogP contribution >= 0.6 is 38.5 Å². The van der Waals surface area contributed by atoms with E-state index in [1.807, 2.05) is 13.0 Å². The van der Waals surface area contributed by atoms with Crippen molar-refractivity contribution in [1.82, 2.24) is 9.97 Å². The minimum Gasteiger partial charge on any atom is -0.369 e. The van der Waals surface area contributed by atoms with Gasteiger partial charge in [-0.05, 0) is 54.1 Å². The fraction of sp³-hybridized carbons (Fsp3) is 0.333. The van der Waals surface area contributed by atoms with E-state index in [1.165, 1.54) is 12.1 Å². The van der Waals surface area contributed by atoms with Gasteiger partial charge in [0.2, 0.25) is 0 Å². The summed E-state index contributed by atoms with van der Waals surface area (Å²) in [7, 11) is 0. The number of halogens is 3. The van der Waals surface area contributed by atoms with Gasteiger partial charge in [0.15, 0.2) is 5.82 Å². The fourth-order valence-corrected chi connectivity index (χ4v) is 3.16. The molecule has 0 saturated heterocycles. The first-order valence-corrected chi connectivity index (χ1v) is 8.69. The second kappa shape index (κ2) is 7.49. The molecule has 2 aromatic rings. The minimum atomic E-state index is -0.302. The highest BCUT2D eigenvalue weighted by atomic mass is 127. The van der Waals surface area contributed by atoms with Crippen LogP contribution in [0.4, 0.5) is 10.2 Å². The Balaban J connectivity index is 2.56. The minimum absolute atomic E-state index is 0.302. The lowest BCUT2D eigenvalue weighted by Crippen LogP contribution is -2.08. The van der Waals surface area contributed by atoms with E-state index in [1.54, 1.807) is 0 Å². The first-order chi connectivity index (χ1) is 10.0. The summed E-state index contributed by atoms with van der Waals surface area (Å²) in [5.41, 5.74) is 1.68. The van der Waals surface area contributed by atoms with E-state index in [4.69, 9.17) is 0 Å². The van der Waals surface area contributed by atoms with Gasteiger partial charge in [0.25, 0.3) is 0 Å². The summed E-state index contributed by atoms with van der Waals surface area (Å²) < 4.78 is 15.3. The number of benzene rings is 1. The van der Waals surface area contributed by atoms with Gasteiger partial charge in [-0.3, -0.25) is 0 Å². The molecule has 0 saturated carbocycles. The number of hydrogen-bond donors (Lipinski definition) is 1. The third-order valence-corrected chi connectivity index (χ3v) is 4.46. The zero-order valence-corrected chi connectivity index (χ0v) is 15.6. The number of aromatic nitrogens is 2. The maximum Gasteiger partial charge on any atom is 0.161 e. The zero-order valence-electron chi connectivity index (χ0n) is 11.9. The molecule has 0 spiro atoms. The van der Waals surface area contributed by atoms with Crippen molar-refractivity contribution < 1.29 is 4.39 Å². The second-order valence-corrected chi connectivity index (χ2v) is 6.59.